The van der Waals surface area contributed by atoms with Crippen LogP contribution in [0.5, 0.6) is 0 Å². The van der Waals surface area contributed by atoms with Gasteiger partial charge in [0.15, 0.2) is 0 Å². The van der Waals surface area contributed by atoms with Gasteiger partial charge in [0.1, 0.15) is 0 Å². The van der Waals surface area contributed by atoms with Crippen LogP contribution in [0.2, 0.25) is 0 Å². The van der Waals surface area contributed by atoms with Crippen LogP contribution in [0.3, 0.4) is 0 Å². The van der Waals surface area contributed by atoms with E-state index in [0.717, 1.165) is 26.6 Å². The SMILES string of the molecule is Cc1cccc2c1c(Cn1c(=O)n(CCC(=O)O)c(=O)c3ccccc31)cn2C. The number of carbonyl (C=O) groups is 1. The van der Waals surface area contributed by atoms with E-state index in [0.29, 0.717) is 10.9 Å². The molecule has 148 valence electrons. The van der Waals surface area contributed by atoms with E-state index < -0.39 is 17.2 Å². The minimum Gasteiger partial charge on any atom is -0.481 e. The zero-order valence-corrected chi connectivity index (χ0v) is 16.3. The standard InChI is InChI=1S/C22H21N3O4/c1-14-6-5-9-18-20(14)15(12-23(18)2)13-25-17-8-4-3-7-16(17)21(28)24(22(25)29)11-10-19(26)27/h3-9,12H,10-11,13H2,1-2H3,(H,26,27). The Morgan fingerprint density at radius 2 is 1.72 bits per heavy atom. The minimum absolute atomic E-state index is 0.160. The molecule has 0 fully saturated rings. The molecule has 0 unspecified atom stereocenters. The lowest BCUT2D eigenvalue weighted by molar-refractivity contribution is -0.137. The lowest BCUT2D eigenvalue weighted by Gasteiger charge is -2.14. The predicted octanol–water partition coefficient (Wildman–Crippen LogP) is 2.49. The second-order valence-electron chi connectivity index (χ2n) is 7.22. The number of para-hydroxylation sites is 1. The van der Waals surface area contributed by atoms with Gasteiger partial charge in [-0.25, -0.2) is 4.79 Å². The molecule has 4 rings (SSSR count). The molecule has 0 atom stereocenters. The highest BCUT2D eigenvalue weighted by atomic mass is 16.4. The highest BCUT2D eigenvalue weighted by Crippen LogP contribution is 2.25. The maximum atomic E-state index is 13.2. The molecule has 0 saturated carbocycles. The fourth-order valence-corrected chi connectivity index (χ4v) is 3.95. The lowest BCUT2D eigenvalue weighted by atomic mass is 10.1. The van der Waals surface area contributed by atoms with E-state index in [1.807, 2.05) is 42.9 Å². The van der Waals surface area contributed by atoms with E-state index in [9.17, 15) is 14.4 Å². The maximum Gasteiger partial charge on any atom is 0.331 e. The normalized spacial score (nSPS) is 11.4. The molecule has 0 aliphatic rings. The van der Waals surface area contributed by atoms with Gasteiger partial charge in [-0.2, -0.15) is 0 Å². The van der Waals surface area contributed by atoms with Crippen LogP contribution < -0.4 is 11.2 Å². The quantitative estimate of drug-likeness (QED) is 0.566. The highest BCUT2D eigenvalue weighted by molar-refractivity contribution is 5.87. The van der Waals surface area contributed by atoms with Gasteiger partial charge in [0, 0.05) is 30.7 Å². The maximum absolute atomic E-state index is 13.2. The summed E-state index contributed by atoms with van der Waals surface area (Å²) in [6.07, 6.45) is 1.70. The van der Waals surface area contributed by atoms with Crippen molar-refractivity contribution in [2.75, 3.05) is 0 Å². The van der Waals surface area contributed by atoms with Crippen molar-refractivity contribution in [2.24, 2.45) is 7.05 Å². The molecule has 4 aromatic rings. The number of hydrogen-bond acceptors (Lipinski definition) is 3. The first-order chi connectivity index (χ1) is 13.9. The number of hydrogen-bond donors (Lipinski definition) is 1. The number of aryl methyl sites for hydroxylation is 2. The average Bonchev–Trinajstić information content (AvgIpc) is 3.02. The second kappa shape index (κ2) is 7.09. The Balaban J connectivity index is 1.96. The Labute approximate surface area is 166 Å². The van der Waals surface area contributed by atoms with Crippen LogP contribution in [0.1, 0.15) is 17.5 Å². The van der Waals surface area contributed by atoms with Crippen LogP contribution in [-0.4, -0.2) is 24.8 Å². The van der Waals surface area contributed by atoms with E-state index in [1.165, 1.54) is 0 Å². The molecule has 0 aliphatic carbocycles. The molecular formula is C22H21N3O4. The predicted molar refractivity (Wildman–Crippen MR) is 111 cm³/mol. The fourth-order valence-electron chi connectivity index (χ4n) is 3.95. The number of benzene rings is 2. The molecule has 0 bridgehead atoms. The molecule has 7 nitrogen and oxygen atoms in total. The molecule has 0 amide bonds. The van der Waals surface area contributed by atoms with E-state index >= 15 is 0 Å². The monoisotopic (exact) mass is 391 g/mol. The van der Waals surface area contributed by atoms with Crippen molar-refractivity contribution in [3.8, 4) is 0 Å². The average molecular weight is 391 g/mol. The van der Waals surface area contributed by atoms with Gasteiger partial charge >= 0.3 is 11.7 Å². The van der Waals surface area contributed by atoms with Gasteiger partial charge < -0.3 is 9.67 Å². The van der Waals surface area contributed by atoms with Gasteiger partial charge in [-0.05, 0) is 36.2 Å². The van der Waals surface area contributed by atoms with Crippen LogP contribution in [0.4, 0.5) is 0 Å². The summed E-state index contributed by atoms with van der Waals surface area (Å²) in [5.74, 6) is -1.05. The van der Waals surface area contributed by atoms with Crippen LogP contribution in [0, 0.1) is 6.92 Å². The van der Waals surface area contributed by atoms with Gasteiger partial charge in [-0.1, -0.05) is 24.3 Å². The summed E-state index contributed by atoms with van der Waals surface area (Å²) in [5.41, 5.74) is 2.72. The summed E-state index contributed by atoms with van der Waals surface area (Å²) in [5, 5.41) is 10.5. The van der Waals surface area contributed by atoms with E-state index in [4.69, 9.17) is 5.11 Å². The van der Waals surface area contributed by atoms with E-state index in [-0.39, 0.29) is 19.5 Å². The summed E-state index contributed by atoms with van der Waals surface area (Å²) in [6, 6.07) is 13.0. The first-order valence-electron chi connectivity index (χ1n) is 9.36. The summed E-state index contributed by atoms with van der Waals surface area (Å²) >= 11 is 0. The van der Waals surface area contributed by atoms with Crippen molar-refractivity contribution in [3.63, 3.8) is 0 Å². The summed E-state index contributed by atoms with van der Waals surface area (Å²) in [4.78, 5) is 37.0. The molecule has 2 aromatic carbocycles. The molecule has 0 aliphatic heterocycles. The van der Waals surface area contributed by atoms with Crippen LogP contribution in [0.25, 0.3) is 21.8 Å². The number of aliphatic carboxylic acids is 1. The number of nitrogens with zero attached hydrogens (tertiary/aromatic N) is 3. The van der Waals surface area contributed by atoms with Crippen molar-refractivity contribution in [2.45, 2.75) is 26.4 Å². The first kappa shape index (κ1) is 18.7. The topological polar surface area (TPSA) is 86.2 Å². The fraction of sp³-hybridized carbons (Fsp3) is 0.227. The Morgan fingerprint density at radius 3 is 2.48 bits per heavy atom. The Hall–Kier alpha value is -3.61. The van der Waals surface area contributed by atoms with Gasteiger partial charge in [-0.15, -0.1) is 0 Å². The summed E-state index contributed by atoms with van der Waals surface area (Å²) in [6.45, 7) is 2.15. The van der Waals surface area contributed by atoms with Gasteiger partial charge in [0.2, 0.25) is 0 Å². The molecule has 2 heterocycles. The smallest absolute Gasteiger partial charge is 0.331 e. The van der Waals surface area contributed by atoms with Crippen molar-refractivity contribution < 1.29 is 9.90 Å². The number of aromatic nitrogens is 3. The number of carboxylic acid groups (broad SMARTS) is 1. The van der Waals surface area contributed by atoms with Crippen molar-refractivity contribution in [1.29, 1.82) is 0 Å². The molecular weight excluding hydrogens is 370 g/mol. The van der Waals surface area contributed by atoms with Crippen molar-refractivity contribution in [3.05, 3.63) is 80.6 Å². The van der Waals surface area contributed by atoms with Gasteiger partial charge in [0.25, 0.3) is 5.56 Å². The second-order valence-corrected chi connectivity index (χ2v) is 7.22. The van der Waals surface area contributed by atoms with Gasteiger partial charge in [-0.3, -0.25) is 18.7 Å². The van der Waals surface area contributed by atoms with Crippen molar-refractivity contribution >= 4 is 27.8 Å². The third kappa shape index (κ3) is 3.14. The molecule has 7 heteroatoms. The van der Waals surface area contributed by atoms with Crippen LogP contribution in [-0.2, 0) is 24.9 Å². The first-order valence-corrected chi connectivity index (χ1v) is 9.36. The number of rotatable bonds is 5. The number of fused-ring (bicyclic) bond motifs is 2. The molecule has 29 heavy (non-hydrogen) atoms. The van der Waals surface area contributed by atoms with Crippen LogP contribution >= 0.6 is 0 Å². The van der Waals surface area contributed by atoms with Crippen LogP contribution in [0.15, 0.2) is 58.3 Å². The molecule has 0 radical (unpaired) electrons. The summed E-state index contributed by atoms with van der Waals surface area (Å²) < 4.78 is 4.60. The van der Waals surface area contributed by atoms with E-state index in [2.05, 4.69) is 0 Å². The largest absolute Gasteiger partial charge is 0.481 e. The molecule has 0 saturated heterocycles. The van der Waals surface area contributed by atoms with E-state index in [1.54, 1.807) is 28.8 Å². The Bertz CT molecular complexity index is 1370. The summed E-state index contributed by atoms with van der Waals surface area (Å²) in [7, 11) is 1.96. The number of carboxylic acids is 1. The van der Waals surface area contributed by atoms with Gasteiger partial charge in [0.05, 0.1) is 23.9 Å². The zero-order valence-electron chi connectivity index (χ0n) is 16.3. The minimum atomic E-state index is -1.05. The molecule has 1 N–H and O–H groups in total. The third-order valence-electron chi connectivity index (χ3n) is 5.31. The molecule has 2 aromatic heterocycles. The third-order valence-corrected chi connectivity index (χ3v) is 5.31. The lowest BCUT2D eigenvalue weighted by Crippen LogP contribution is -2.40. The Morgan fingerprint density at radius 1 is 1.00 bits per heavy atom. The van der Waals surface area contributed by atoms with Crippen molar-refractivity contribution in [1.82, 2.24) is 13.7 Å². The Kier molecular flexibility index (Phi) is 4.58. The molecule has 0 spiro atoms. The zero-order chi connectivity index (χ0) is 20.7. The highest BCUT2D eigenvalue weighted by Gasteiger charge is 2.16.